The lowest BCUT2D eigenvalue weighted by atomic mass is 9.85. The summed E-state index contributed by atoms with van der Waals surface area (Å²) < 4.78 is 33.9. The number of nitrogens with two attached hydrogens (primary N) is 1. The number of likely N-dealkylation sites (tertiary alicyclic amines) is 1. The van der Waals surface area contributed by atoms with Crippen molar-refractivity contribution >= 4 is 93.9 Å². The van der Waals surface area contributed by atoms with Gasteiger partial charge in [-0.15, -0.1) is 11.3 Å². The number of aromatic nitrogens is 2. The summed E-state index contributed by atoms with van der Waals surface area (Å²) in [5.41, 5.74) is 10.7. The first kappa shape index (κ1) is 65.8. The molecule has 5 heterocycles. The van der Waals surface area contributed by atoms with Gasteiger partial charge in [-0.2, -0.15) is 0 Å². The molecule has 9 N–H and O–H groups in total. The summed E-state index contributed by atoms with van der Waals surface area (Å²) in [5, 5.41) is 20.1. The van der Waals surface area contributed by atoms with Crippen LogP contribution in [-0.2, 0) is 52.6 Å². The molecule has 21 nitrogen and oxygen atoms in total. The molecular formula is C64H73ClFN8O13PS. The fourth-order valence-corrected chi connectivity index (χ4v) is 13.5. The van der Waals surface area contributed by atoms with Crippen molar-refractivity contribution in [3.63, 3.8) is 0 Å². The molecule has 0 saturated carbocycles. The molecule has 1 fully saturated rings. The number of aliphatic hydroxyl groups is 1. The number of primary amides is 1. The molecule has 6 aromatic rings. The first-order valence-corrected chi connectivity index (χ1v) is 32.5. The summed E-state index contributed by atoms with van der Waals surface area (Å²) in [6, 6.07) is 17.1. The highest BCUT2D eigenvalue weighted by molar-refractivity contribution is 7.70. The maximum atomic E-state index is 16.3. The first-order valence-electron chi connectivity index (χ1n) is 29.6. The maximum Gasteiger partial charge on any atom is 0.396 e. The molecule has 3 aliphatic rings. The van der Waals surface area contributed by atoms with Crippen LogP contribution in [0.1, 0.15) is 140 Å². The van der Waals surface area contributed by atoms with Crippen LogP contribution in [0, 0.1) is 24.1 Å². The Morgan fingerprint density at radius 2 is 1.66 bits per heavy atom. The number of β-amino-alcohol motifs (C(OH)–C–C–N with tert-alkyl or cyclic N) is 1. The molecule has 0 aliphatic carbocycles. The van der Waals surface area contributed by atoms with E-state index >= 15 is 4.39 Å². The number of aromatic amines is 1. The number of hydrogen-bond donors (Lipinski definition) is 8. The van der Waals surface area contributed by atoms with Gasteiger partial charge < -0.3 is 51.2 Å². The Labute approximate surface area is 522 Å². The third-order valence-corrected chi connectivity index (χ3v) is 18.7. The van der Waals surface area contributed by atoms with Crippen LogP contribution in [0.3, 0.4) is 0 Å². The number of carbonyl (C=O) groups is 8. The highest BCUT2D eigenvalue weighted by Gasteiger charge is 2.46. The predicted octanol–water partition coefficient (Wildman–Crippen LogP) is 8.11. The second-order valence-corrected chi connectivity index (χ2v) is 27.2. The van der Waals surface area contributed by atoms with E-state index in [-0.39, 0.29) is 92.1 Å². The Hall–Kier alpha value is -7.66. The molecule has 472 valence electrons. The smallest absolute Gasteiger partial charge is 0.396 e. The number of benzene rings is 4. The van der Waals surface area contributed by atoms with Crippen LogP contribution < -0.4 is 31.3 Å². The number of carbonyl (C=O) groups excluding carboxylic acids is 8. The summed E-state index contributed by atoms with van der Waals surface area (Å²) >= 11 is 8.05. The van der Waals surface area contributed by atoms with E-state index in [9.17, 15) is 57.8 Å². The van der Waals surface area contributed by atoms with Crippen LogP contribution in [0.4, 0.5) is 10.1 Å². The summed E-state index contributed by atoms with van der Waals surface area (Å²) in [5.74, 6) is -5.24. The normalized spacial score (nSPS) is 18.4. The summed E-state index contributed by atoms with van der Waals surface area (Å²) in [6.45, 7) is 8.81. The topological polar surface area (TPSA) is 321 Å². The largest absolute Gasteiger partial charge is 0.488 e. The fourth-order valence-electron chi connectivity index (χ4n) is 11.9. The molecule has 6 amide bonds. The molecule has 3 aliphatic heterocycles. The van der Waals surface area contributed by atoms with Gasteiger partial charge in [0.2, 0.25) is 35.4 Å². The van der Waals surface area contributed by atoms with Crippen LogP contribution >= 0.6 is 30.5 Å². The Balaban J connectivity index is 0.780. The monoisotopic (exact) mass is 1280 g/mol. The average molecular weight is 1280 g/mol. The number of H-pyrrole nitrogens is 1. The minimum atomic E-state index is -5.07. The van der Waals surface area contributed by atoms with Crippen molar-refractivity contribution in [2.45, 2.75) is 148 Å². The van der Waals surface area contributed by atoms with Crippen molar-refractivity contribution in [2.75, 3.05) is 18.1 Å². The number of halogens is 2. The predicted molar refractivity (Wildman–Crippen MR) is 333 cm³/mol. The molecule has 0 radical (unpaired) electrons. The van der Waals surface area contributed by atoms with Crippen LogP contribution in [0.2, 0.25) is 5.02 Å². The number of unbranched alkanes of at least 4 members (excludes halogenated alkanes) is 2. The van der Waals surface area contributed by atoms with Crippen LogP contribution in [0.15, 0.2) is 84.4 Å². The number of hydrogen-bond acceptors (Lipinski definition) is 13. The molecule has 2 aromatic heterocycles. The number of anilines is 1. The van der Waals surface area contributed by atoms with Crippen LogP contribution in [0.5, 0.6) is 5.75 Å². The van der Waals surface area contributed by atoms with Gasteiger partial charge in [0.05, 0.1) is 45.7 Å². The van der Waals surface area contributed by atoms with E-state index in [0.29, 0.717) is 42.3 Å². The minimum Gasteiger partial charge on any atom is -0.488 e. The Morgan fingerprint density at radius 1 is 0.933 bits per heavy atom. The van der Waals surface area contributed by atoms with Crippen molar-refractivity contribution in [1.29, 1.82) is 0 Å². The average Bonchev–Trinajstić information content (AvgIpc) is 1.83. The second kappa shape index (κ2) is 27.6. The van der Waals surface area contributed by atoms with Gasteiger partial charge in [0.25, 0.3) is 5.52 Å². The van der Waals surface area contributed by atoms with Gasteiger partial charge in [-0.1, -0.05) is 81.3 Å². The number of ether oxygens (including phenoxy) is 1. The number of para-hydroxylation sites is 1. The lowest BCUT2D eigenvalue weighted by Gasteiger charge is -2.35. The number of fused-ring (bicyclic) bond motifs is 1. The molecule has 25 heteroatoms. The van der Waals surface area contributed by atoms with Gasteiger partial charge in [0, 0.05) is 72.1 Å². The van der Waals surface area contributed by atoms with Gasteiger partial charge in [0.15, 0.2) is 17.3 Å². The fraction of sp³-hybridized carbons (Fsp3) is 0.422. The number of amides is 6. The number of nitrogens with zero attached hydrogens (tertiary/aromatic N) is 3. The highest BCUT2D eigenvalue weighted by atomic mass is 35.5. The van der Waals surface area contributed by atoms with Crippen molar-refractivity contribution in [2.24, 2.45) is 17.1 Å². The molecule has 0 bridgehead atoms. The zero-order valence-electron chi connectivity index (χ0n) is 50.0. The highest BCUT2D eigenvalue weighted by Crippen LogP contribution is 2.43. The van der Waals surface area contributed by atoms with Gasteiger partial charge >= 0.3 is 7.60 Å². The molecule has 0 spiro atoms. The van der Waals surface area contributed by atoms with E-state index in [1.54, 1.807) is 37.6 Å². The standard InChI is InChI=1S/C64H73ClFN8O13PS/c1-34(36-14-17-38(18-15-36)57-35(2)68-33-89-57)69-59(79)49-30-46(75)31-73(49)62(82)58(64(3,4)5)72-54(78)13-8-6-7-10-39-25-44(65)29-52(55(39)66)87-32-45(21-23-53(67)77)70-60(80)50-27-40-12-9-11-37-16-19-41(61(81)74(50)56(37)40)28-51(76)48-26-43-24-42(20-22-47(43)71-48)63(83)88(84,85)86/h9,11-12,14-15,17-18,20,22,24-26,29,33-34,41,45-46,49-50,58,71,75H,6-8,10,13,16,19,21,23,27-28,30-32H2,1-5H3,(H2,67,77)(H,69,79)(H,70,80)(H,72,78)(H2,84,85,86)/t34-,41+,45-,46+,49-,50-,58+/m0/s1. The van der Waals surface area contributed by atoms with Crippen molar-refractivity contribution in [1.82, 2.24) is 30.8 Å². The van der Waals surface area contributed by atoms with Gasteiger partial charge in [0.1, 0.15) is 24.7 Å². The minimum absolute atomic E-state index is 0.00617. The molecular weight excluding hydrogens is 1210 g/mol. The van der Waals surface area contributed by atoms with E-state index in [1.807, 2.05) is 56.3 Å². The zero-order valence-corrected chi connectivity index (χ0v) is 52.4. The summed E-state index contributed by atoms with van der Waals surface area (Å²) in [4.78, 5) is 139. The van der Waals surface area contributed by atoms with E-state index in [4.69, 9.17) is 22.1 Å². The molecule has 1 saturated heterocycles. The van der Waals surface area contributed by atoms with Gasteiger partial charge in [-0.3, -0.25) is 47.8 Å². The van der Waals surface area contributed by atoms with Crippen LogP contribution in [-0.4, -0.2) is 120 Å². The number of Topliss-reactive ketones (excluding diaryl/α,β-unsaturated/α-hetero) is 1. The maximum absolute atomic E-state index is 16.3. The third kappa shape index (κ3) is 15.5. The van der Waals surface area contributed by atoms with Gasteiger partial charge in [-0.25, -0.2) is 9.37 Å². The van der Waals surface area contributed by atoms with Crippen molar-refractivity contribution < 1.29 is 66.9 Å². The SMILES string of the molecule is Cc1ncsc1-c1ccc([C@H](C)NC(=O)[C@@H]2C[C@@H](O)CN2C(=O)[C@@H](NC(=O)CCCCCc2cc(Cl)cc(OC[C@H](CCC(N)=O)NC(=O)[C@@H]3Cc4cccc5c4N3C(=O)[C@@H](CC(=O)c3cc4cc(C(=O)P(=O)(O)O)ccc4[nH]3)CC5)c2F)C(C)(C)C)cc1. The van der Waals surface area contributed by atoms with Gasteiger partial charge in [-0.05, 0) is 116 Å². The van der Waals surface area contributed by atoms with E-state index < -0.39 is 108 Å². The van der Waals surface area contributed by atoms with E-state index in [0.717, 1.165) is 32.8 Å². The van der Waals surface area contributed by atoms with E-state index in [1.165, 1.54) is 46.2 Å². The number of thiazole rings is 1. The number of nitrogens with one attached hydrogen (secondary N) is 4. The summed E-state index contributed by atoms with van der Waals surface area (Å²) in [6.07, 6.45) is 1.06. The van der Waals surface area contributed by atoms with Crippen LogP contribution in [0.25, 0.3) is 21.3 Å². The number of aryl methyl sites for hydroxylation is 3. The quantitative estimate of drug-likeness (QED) is 0.0153. The zero-order chi connectivity index (χ0) is 64.2. The number of aliphatic hydroxyl groups excluding tert-OH is 1. The molecule has 4 aromatic carbocycles. The molecule has 9 rings (SSSR count). The Kier molecular flexibility index (Phi) is 20.4. The Bertz CT molecular complexity index is 3770. The van der Waals surface area contributed by atoms with E-state index in [2.05, 4.69) is 25.9 Å². The number of rotatable bonds is 25. The second-order valence-electron chi connectivity index (χ2n) is 24.4. The third-order valence-electron chi connectivity index (χ3n) is 16.7. The summed E-state index contributed by atoms with van der Waals surface area (Å²) in [7, 11) is -5.07. The number of ketones is 1. The first-order chi connectivity index (χ1) is 42.1. The molecule has 7 atom stereocenters. The van der Waals surface area contributed by atoms with Crippen molar-refractivity contribution in [3.8, 4) is 16.2 Å². The lowest BCUT2D eigenvalue weighted by Crippen LogP contribution is -2.57. The molecule has 89 heavy (non-hydrogen) atoms. The van der Waals surface area contributed by atoms with Crippen molar-refractivity contribution in [3.05, 3.63) is 134 Å². The molecule has 0 unspecified atom stereocenters. The Morgan fingerprint density at radius 3 is 2.36 bits per heavy atom. The lowest BCUT2D eigenvalue weighted by molar-refractivity contribution is -0.144.